The molecule has 1 aromatic heterocycles. The zero-order valence-corrected chi connectivity index (χ0v) is 10.0. The largest absolute Gasteiger partial charge is 0.324 e. The Morgan fingerprint density at radius 3 is 2.75 bits per heavy atom. The second-order valence-electron chi connectivity index (χ2n) is 3.07. The molecular formula is C11H11Cl2N3. The van der Waals surface area contributed by atoms with Crippen molar-refractivity contribution >= 4 is 24.0 Å². The van der Waals surface area contributed by atoms with E-state index in [9.17, 15) is 0 Å². The third kappa shape index (κ3) is 2.92. The minimum absolute atomic E-state index is 0. The quantitative estimate of drug-likeness (QED) is 0.898. The molecule has 1 heterocycles. The van der Waals surface area contributed by atoms with Gasteiger partial charge in [0.05, 0.1) is 12.2 Å². The summed E-state index contributed by atoms with van der Waals surface area (Å²) in [5, 5.41) is 0.695. The number of rotatable bonds is 2. The van der Waals surface area contributed by atoms with Crippen molar-refractivity contribution in [3.8, 4) is 11.3 Å². The van der Waals surface area contributed by atoms with Gasteiger partial charge >= 0.3 is 0 Å². The summed E-state index contributed by atoms with van der Waals surface area (Å²) in [5.74, 6) is 0.632. The maximum absolute atomic E-state index is 5.90. The van der Waals surface area contributed by atoms with Crippen LogP contribution >= 0.6 is 24.0 Å². The minimum Gasteiger partial charge on any atom is -0.324 e. The van der Waals surface area contributed by atoms with Gasteiger partial charge in [-0.1, -0.05) is 23.7 Å². The zero-order valence-electron chi connectivity index (χ0n) is 8.43. The maximum Gasteiger partial charge on any atom is 0.142 e. The average molecular weight is 256 g/mol. The first-order valence-electron chi connectivity index (χ1n) is 4.57. The fraction of sp³-hybridized carbons (Fsp3) is 0.0909. The van der Waals surface area contributed by atoms with Crippen LogP contribution in [0.2, 0.25) is 5.02 Å². The summed E-state index contributed by atoms with van der Waals surface area (Å²) in [7, 11) is 0. The predicted octanol–water partition coefficient (Wildman–Crippen LogP) is 2.68. The molecule has 2 aromatic rings. The lowest BCUT2D eigenvalue weighted by atomic mass is 10.1. The lowest BCUT2D eigenvalue weighted by Crippen LogP contribution is -2.02. The van der Waals surface area contributed by atoms with Gasteiger partial charge in [0.15, 0.2) is 0 Å². The van der Waals surface area contributed by atoms with E-state index in [4.69, 9.17) is 17.3 Å². The van der Waals surface area contributed by atoms with Crippen molar-refractivity contribution < 1.29 is 0 Å². The number of halogens is 2. The highest BCUT2D eigenvalue weighted by molar-refractivity contribution is 6.30. The van der Waals surface area contributed by atoms with E-state index in [0.717, 1.165) is 11.3 Å². The van der Waals surface area contributed by atoms with Crippen molar-refractivity contribution in [1.29, 1.82) is 0 Å². The van der Waals surface area contributed by atoms with Crippen molar-refractivity contribution in [3.05, 3.63) is 47.4 Å². The monoisotopic (exact) mass is 255 g/mol. The molecule has 0 radical (unpaired) electrons. The molecule has 2 rings (SSSR count). The third-order valence-electron chi connectivity index (χ3n) is 2.01. The second-order valence-corrected chi connectivity index (χ2v) is 3.51. The molecule has 0 aliphatic rings. The van der Waals surface area contributed by atoms with E-state index in [-0.39, 0.29) is 12.4 Å². The van der Waals surface area contributed by atoms with Gasteiger partial charge in [-0.2, -0.15) is 0 Å². The molecule has 0 saturated heterocycles. The van der Waals surface area contributed by atoms with Crippen LogP contribution in [0.4, 0.5) is 0 Å². The fourth-order valence-electron chi connectivity index (χ4n) is 1.31. The van der Waals surface area contributed by atoms with Gasteiger partial charge in [0.2, 0.25) is 0 Å². The number of hydrogen-bond donors (Lipinski definition) is 1. The van der Waals surface area contributed by atoms with Crippen LogP contribution in [0.3, 0.4) is 0 Å². The number of aromatic nitrogens is 2. The molecule has 0 bridgehead atoms. The number of benzene rings is 1. The Kier molecular flexibility index (Phi) is 4.68. The smallest absolute Gasteiger partial charge is 0.142 e. The molecule has 1 aromatic carbocycles. The van der Waals surface area contributed by atoms with Crippen LogP contribution in [-0.4, -0.2) is 9.97 Å². The topological polar surface area (TPSA) is 51.8 Å². The molecule has 0 fully saturated rings. The van der Waals surface area contributed by atoms with Crippen molar-refractivity contribution in [1.82, 2.24) is 9.97 Å². The predicted molar refractivity (Wildman–Crippen MR) is 67.6 cm³/mol. The summed E-state index contributed by atoms with van der Waals surface area (Å²) in [4.78, 5) is 8.34. The third-order valence-corrected chi connectivity index (χ3v) is 2.24. The molecule has 84 valence electrons. The summed E-state index contributed by atoms with van der Waals surface area (Å²) in [6, 6.07) is 9.38. The van der Waals surface area contributed by atoms with E-state index in [1.54, 1.807) is 6.20 Å². The molecular weight excluding hydrogens is 245 g/mol. The van der Waals surface area contributed by atoms with Gasteiger partial charge in [0.1, 0.15) is 5.82 Å². The van der Waals surface area contributed by atoms with Crippen molar-refractivity contribution in [2.75, 3.05) is 0 Å². The van der Waals surface area contributed by atoms with E-state index < -0.39 is 0 Å². The molecule has 0 spiro atoms. The van der Waals surface area contributed by atoms with Crippen LogP contribution in [-0.2, 0) is 6.54 Å². The minimum atomic E-state index is 0. The Balaban J connectivity index is 0.00000128. The molecule has 0 aliphatic heterocycles. The van der Waals surface area contributed by atoms with Gasteiger partial charge in [0, 0.05) is 16.8 Å². The van der Waals surface area contributed by atoms with Crippen LogP contribution in [0.5, 0.6) is 0 Å². The van der Waals surface area contributed by atoms with Gasteiger partial charge in [0.25, 0.3) is 0 Å². The molecule has 16 heavy (non-hydrogen) atoms. The lowest BCUT2D eigenvalue weighted by Gasteiger charge is -2.02. The van der Waals surface area contributed by atoms with Crippen molar-refractivity contribution in [3.63, 3.8) is 0 Å². The second kappa shape index (κ2) is 5.80. The molecule has 0 aliphatic carbocycles. The van der Waals surface area contributed by atoms with Crippen molar-refractivity contribution in [2.45, 2.75) is 6.54 Å². The molecule has 0 amide bonds. The fourth-order valence-corrected chi connectivity index (χ4v) is 1.50. The van der Waals surface area contributed by atoms with E-state index in [0.29, 0.717) is 17.4 Å². The number of nitrogens with two attached hydrogens (primary N) is 1. The van der Waals surface area contributed by atoms with E-state index in [1.165, 1.54) is 0 Å². The first-order chi connectivity index (χ1) is 7.29. The van der Waals surface area contributed by atoms with Gasteiger partial charge in [-0.05, 0) is 18.2 Å². The highest BCUT2D eigenvalue weighted by atomic mass is 35.5. The zero-order chi connectivity index (χ0) is 10.7. The summed E-state index contributed by atoms with van der Waals surface area (Å²) in [5.41, 5.74) is 7.29. The standard InChI is InChI=1S/C11H10ClN3.ClH/c12-9-3-1-2-8(6-9)10-4-5-14-11(7-13)15-10;/h1-6H,7,13H2;1H. The van der Waals surface area contributed by atoms with Crippen LogP contribution in [0, 0.1) is 0 Å². The van der Waals surface area contributed by atoms with Crippen LogP contribution in [0.1, 0.15) is 5.82 Å². The summed E-state index contributed by atoms with van der Waals surface area (Å²) >= 11 is 5.90. The van der Waals surface area contributed by atoms with E-state index in [1.807, 2.05) is 30.3 Å². The van der Waals surface area contributed by atoms with Crippen LogP contribution < -0.4 is 5.73 Å². The van der Waals surface area contributed by atoms with Gasteiger partial charge in [-0.15, -0.1) is 12.4 Å². The SMILES string of the molecule is Cl.NCc1nccc(-c2cccc(Cl)c2)n1. The van der Waals surface area contributed by atoms with Crippen LogP contribution in [0.25, 0.3) is 11.3 Å². The molecule has 3 nitrogen and oxygen atoms in total. The molecule has 5 heteroatoms. The van der Waals surface area contributed by atoms with Gasteiger partial charge in [-0.3, -0.25) is 0 Å². The van der Waals surface area contributed by atoms with E-state index >= 15 is 0 Å². The summed E-state index contributed by atoms with van der Waals surface area (Å²) < 4.78 is 0. The Labute approximate surface area is 105 Å². The summed E-state index contributed by atoms with van der Waals surface area (Å²) in [6.45, 7) is 0.342. The highest BCUT2D eigenvalue weighted by Gasteiger charge is 2.01. The Bertz CT molecular complexity index is 474. The normalized spacial score (nSPS) is 9.62. The van der Waals surface area contributed by atoms with Crippen LogP contribution in [0.15, 0.2) is 36.5 Å². The molecule has 0 unspecified atom stereocenters. The first-order valence-corrected chi connectivity index (χ1v) is 4.95. The van der Waals surface area contributed by atoms with Crippen molar-refractivity contribution in [2.24, 2.45) is 5.73 Å². The Morgan fingerprint density at radius 2 is 2.06 bits per heavy atom. The Hall–Kier alpha value is -1.16. The maximum atomic E-state index is 5.90. The number of hydrogen-bond acceptors (Lipinski definition) is 3. The van der Waals surface area contributed by atoms with E-state index in [2.05, 4.69) is 9.97 Å². The first kappa shape index (κ1) is 12.9. The van der Waals surface area contributed by atoms with Gasteiger partial charge in [-0.25, -0.2) is 9.97 Å². The molecule has 0 saturated carbocycles. The van der Waals surface area contributed by atoms with Gasteiger partial charge < -0.3 is 5.73 Å². The number of nitrogens with zero attached hydrogens (tertiary/aromatic N) is 2. The summed E-state index contributed by atoms with van der Waals surface area (Å²) in [6.07, 6.45) is 1.70. The lowest BCUT2D eigenvalue weighted by molar-refractivity contribution is 0.912. The molecule has 2 N–H and O–H groups in total. The highest BCUT2D eigenvalue weighted by Crippen LogP contribution is 2.20. The average Bonchev–Trinajstić information content (AvgIpc) is 2.29. The Morgan fingerprint density at radius 1 is 1.25 bits per heavy atom. The molecule has 0 atom stereocenters.